The zero-order valence-corrected chi connectivity index (χ0v) is 10.3. The summed E-state index contributed by atoms with van der Waals surface area (Å²) in [7, 11) is 0. The van der Waals surface area contributed by atoms with Gasteiger partial charge in [-0.1, -0.05) is 0 Å². The number of alkyl halides is 2. The molecule has 1 aliphatic rings. The van der Waals surface area contributed by atoms with Gasteiger partial charge < -0.3 is 10.4 Å². The van der Waals surface area contributed by atoms with Crippen LogP contribution in [0.5, 0.6) is 5.75 Å². The first-order chi connectivity index (χ1) is 9.43. The summed E-state index contributed by atoms with van der Waals surface area (Å²) in [6.45, 7) is 1.20. The Labute approximate surface area is 112 Å². The summed E-state index contributed by atoms with van der Waals surface area (Å²) in [5.74, 6) is -6.26. The van der Waals surface area contributed by atoms with Crippen LogP contribution in [0, 0.1) is 17.5 Å². The number of phenolic OH excluding ortho intramolecular Hbond substituents is 1. The van der Waals surface area contributed by atoms with E-state index >= 15 is 0 Å². The summed E-state index contributed by atoms with van der Waals surface area (Å²) < 4.78 is 66.3. The summed E-state index contributed by atoms with van der Waals surface area (Å²) in [5, 5.41) is 12.5. The van der Waals surface area contributed by atoms with E-state index in [1.54, 1.807) is 0 Å². The maximum Gasteiger partial charge on any atom is 0.258 e. The van der Waals surface area contributed by atoms with Gasteiger partial charge >= 0.3 is 0 Å². The molecule has 1 aromatic rings. The van der Waals surface area contributed by atoms with Crippen LogP contribution in [-0.2, 0) is 0 Å². The van der Waals surface area contributed by atoms with Crippen molar-refractivity contribution in [3.8, 4) is 5.75 Å². The summed E-state index contributed by atoms with van der Waals surface area (Å²) in [6.07, 6.45) is -3.04. The van der Waals surface area contributed by atoms with Gasteiger partial charge in [0.25, 0.3) is 6.43 Å². The number of phenols is 1. The summed E-state index contributed by atoms with van der Waals surface area (Å²) >= 11 is 0. The van der Waals surface area contributed by atoms with Crippen LogP contribution in [0.2, 0.25) is 0 Å². The van der Waals surface area contributed by atoms with Gasteiger partial charge in [0.2, 0.25) is 0 Å². The fourth-order valence-corrected chi connectivity index (χ4v) is 2.31. The van der Waals surface area contributed by atoms with Crippen molar-refractivity contribution in [1.82, 2.24) is 10.2 Å². The van der Waals surface area contributed by atoms with Crippen LogP contribution in [0.3, 0.4) is 0 Å². The third-order valence-corrected chi connectivity index (χ3v) is 3.26. The number of halogens is 5. The fraction of sp³-hybridized carbons (Fsp3) is 0.500. The first-order valence-corrected chi connectivity index (χ1v) is 6.02. The van der Waals surface area contributed by atoms with Crippen LogP contribution in [0.15, 0.2) is 6.07 Å². The number of hydrogen-bond acceptors (Lipinski definition) is 3. The van der Waals surface area contributed by atoms with Crippen molar-refractivity contribution in [1.29, 1.82) is 0 Å². The number of piperazine rings is 1. The van der Waals surface area contributed by atoms with Gasteiger partial charge in [-0.05, 0) is 0 Å². The van der Waals surface area contributed by atoms with E-state index in [0.717, 1.165) is 0 Å². The molecule has 0 bridgehead atoms. The number of benzene rings is 1. The molecule has 1 aromatic carbocycles. The summed E-state index contributed by atoms with van der Waals surface area (Å²) in [4.78, 5) is 1.23. The summed E-state index contributed by atoms with van der Waals surface area (Å²) in [6, 6.07) is -1.50. The Morgan fingerprint density at radius 2 is 1.70 bits per heavy atom. The molecule has 8 heteroatoms. The fourth-order valence-electron chi connectivity index (χ4n) is 2.31. The molecular formula is C12H13F5N2O. The van der Waals surface area contributed by atoms with Crippen molar-refractivity contribution in [2.45, 2.75) is 12.5 Å². The predicted molar refractivity (Wildman–Crippen MR) is 61.2 cm³/mol. The molecule has 0 unspecified atom stereocenters. The number of nitrogens with one attached hydrogen (secondary N) is 1. The van der Waals surface area contributed by atoms with Crippen molar-refractivity contribution >= 4 is 0 Å². The largest absolute Gasteiger partial charge is 0.507 e. The Hall–Kier alpha value is -1.41. The SMILES string of the molecule is Oc1cc(F)c(F)c(F)c1[C@@H](C(F)F)N1CCNCC1. The van der Waals surface area contributed by atoms with E-state index in [0.29, 0.717) is 19.2 Å². The zero-order valence-electron chi connectivity index (χ0n) is 10.3. The first kappa shape index (κ1) is 15.0. The van der Waals surface area contributed by atoms with Crippen molar-refractivity contribution in [2.75, 3.05) is 26.2 Å². The van der Waals surface area contributed by atoms with Gasteiger partial charge in [-0.25, -0.2) is 22.0 Å². The van der Waals surface area contributed by atoms with E-state index < -0.39 is 41.2 Å². The smallest absolute Gasteiger partial charge is 0.258 e. The first-order valence-electron chi connectivity index (χ1n) is 6.02. The molecule has 1 atom stereocenters. The standard InChI is InChI=1S/C12H13F5N2O/c13-6-5-7(20)8(10(15)9(6)14)11(12(16)17)19-3-1-18-2-4-19/h5,11-12,18,20H,1-4H2/t11-/m0/s1. The number of nitrogens with zero attached hydrogens (tertiary/aromatic N) is 1. The lowest BCUT2D eigenvalue weighted by Gasteiger charge is -2.35. The Morgan fingerprint density at radius 3 is 2.25 bits per heavy atom. The average molecular weight is 296 g/mol. The van der Waals surface area contributed by atoms with Crippen molar-refractivity contribution in [3.63, 3.8) is 0 Å². The van der Waals surface area contributed by atoms with Crippen molar-refractivity contribution in [3.05, 3.63) is 29.1 Å². The molecule has 3 nitrogen and oxygen atoms in total. The van der Waals surface area contributed by atoms with Crippen LogP contribution in [0.4, 0.5) is 22.0 Å². The van der Waals surface area contributed by atoms with Crippen molar-refractivity contribution in [2.24, 2.45) is 0 Å². The molecule has 20 heavy (non-hydrogen) atoms. The molecule has 0 aliphatic carbocycles. The number of aromatic hydroxyl groups is 1. The second-order valence-corrected chi connectivity index (χ2v) is 4.48. The highest BCUT2D eigenvalue weighted by atomic mass is 19.3. The minimum atomic E-state index is -3.04. The molecule has 0 saturated carbocycles. The van der Waals surface area contributed by atoms with Crippen LogP contribution in [0.25, 0.3) is 0 Å². The highest BCUT2D eigenvalue weighted by Gasteiger charge is 2.36. The lowest BCUT2D eigenvalue weighted by Crippen LogP contribution is -2.47. The molecule has 1 fully saturated rings. The van der Waals surface area contributed by atoms with E-state index in [1.807, 2.05) is 0 Å². The molecule has 1 saturated heterocycles. The molecule has 2 rings (SSSR count). The Balaban J connectivity index is 2.46. The molecule has 1 heterocycles. The second-order valence-electron chi connectivity index (χ2n) is 4.48. The highest BCUT2D eigenvalue weighted by molar-refractivity contribution is 5.38. The van der Waals surface area contributed by atoms with Gasteiger partial charge in [-0.3, -0.25) is 4.90 Å². The molecule has 0 aromatic heterocycles. The van der Waals surface area contributed by atoms with Gasteiger partial charge in [0.05, 0.1) is 5.56 Å². The third-order valence-electron chi connectivity index (χ3n) is 3.26. The topological polar surface area (TPSA) is 35.5 Å². The molecule has 2 N–H and O–H groups in total. The molecule has 0 amide bonds. The Kier molecular flexibility index (Phi) is 4.44. The maximum absolute atomic E-state index is 13.7. The predicted octanol–water partition coefficient (Wildman–Crippen LogP) is 2.02. The van der Waals surface area contributed by atoms with Crippen LogP contribution < -0.4 is 5.32 Å². The number of hydrogen-bond donors (Lipinski definition) is 2. The minimum Gasteiger partial charge on any atom is -0.507 e. The molecule has 112 valence electrons. The zero-order chi connectivity index (χ0) is 14.9. The lowest BCUT2D eigenvalue weighted by atomic mass is 10.0. The normalized spacial score (nSPS) is 18.5. The van der Waals surface area contributed by atoms with Gasteiger partial charge in [-0.2, -0.15) is 0 Å². The number of rotatable bonds is 3. The molecule has 1 aliphatic heterocycles. The highest BCUT2D eigenvalue weighted by Crippen LogP contribution is 2.37. The molecule has 0 spiro atoms. The lowest BCUT2D eigenvalue weighted by molar-refractivity contribution is 0.0147. The monoisotopic (exact) mass is 296 g/mol. The van der Waals surface area contributed by atoms with Gasteiger partial charge in [0, 0.05) is 32.2 Å². The molecule has 0 radical (unpaired) electrons. The van der Waals surface area contributed by atoms with Crippen LogP contribution >= 0.6 is 0 Å². The quantitative estimate of drug-likeness (QED) is 0.662. The van der Waals surface area contributed by atoms with E-state index in [9.17, 15) is 27.1 Å². The van der Waals surface area contributed by atoms with Crippen LogP contribution in [0.1, 0.15) is 11.6 Å². The van der Waals surface area contributed by atoms with Crippen molar-refractivity contribution < 1.29 is 27.1 Å². The second kappa shape index (κ2) is 5.92. The van der Waals surface area contributed by atoms with E-state index in [4.69, 9.17) is 0 Å². The van der Waals surface area contributed by atoms with Gasteiger partial charge in [-0.15, -0.1) is 0 Å². The maximum atomic E-state index is 13.7. The summed E-state index contributed by atoms with van der Waals surface area (Å²) in [5.41, 5.74) is -0.902. The minimum absolute atomic E-state index is 0.187. The Bertz CT molecular complexity index is 491. The van der Waals surface area contributed by atoms with E-state index in [-0.39, 0.29) is 13.1 Å². The van der Waals surface area contributed by atoms with Gasteiger partial charge in [0.1, 0.15) is 11.8 Å². The van der Waals surface area contributed by atoms with E-state index in [1.165, 1.54) is 4.90 Å². The molecular weight excluding hydrogens is 283 g/mol. The average Bonchev–Trinajstić information content (AvgIpc) is 2.41. The van der Waals surface area contributed by atoms with Gasteiger partial charge in [0.15, 0.2) is 17.5 Å². The third kappa shape index (κ3) is 2.71. The van der Waals surface area contributed by atoms with Crippen LogP contribution in [-0.4, -0.2) is 42.6 Å². The Morgan fingerprint density at radius 1 is 1.10 bits per heavy atom. The van der Waals surface area contributed by atoms with E-state index in [2.05, 4.69) is 5.32 Å².